The van der Waals surface area contributed by atoms with Crippen LogP contribution in [0.5, 0.6) is 0 Å². The molecule has 1 aliphatic rings. The molecule has 0 saturated heterocycles. The Morgan fingerprint density at radius 2 is 1.55 bits per heavy atom. The van der Waals surface area contributed by atoms with E-state index in [-0.39, 0.29) is 5.91 Å². The Kier molecular flexibility index (Phi) is 16.9. The maximum absolute atomic E-state index is 13.4. The summed E-state index contributed by atoms with van der Waals surface area (Å²) < 4.78 is 0. The van der Waals surface area contributed by atoms with Gasteiger partial charge >= 0.3 is 0 Å². The Labute approximate surface area is 232 Å². The minimum Gasteiger partial charge on any atom is -0.311 e. The van der Waals surface area contributed by atoms with E-state index in [4.69, 9.17) is 0 Å². The fourth-order valence-electron chi connectivity index (χ4n) is 3.80. The van der Waals surface area contributed by atoms with Gasteiger partial charge in [0.05, 0.1) is 13.1 Å². The molecular weight excluding hydrogens is 464 g/mol. The van der Waals surface area contributed by atoms with Crippen LogP contribution in [0.3, 0.4) is 0 Å². The van der Waals surface area contributed by atoms with Crippen LogP contribution in [0.4, 0.5) is 0 Å². The van der Waals surface area contributed by atoms with Gasteiger partial charge in [-0.15, -0.1) is 0 Å². The van der Waals surface area contributed by atoms with E-state index in [1.807, 2.05) is 70.7 Å². The number of hydrogen-bond donors (Lipinski definition) is 0. The Bertz CT molecular complexity index is 1070. The molecule has 0 radical (unpaired) electrons. The number of nitrogens with zero attached hydrogens (tertiary/aromatic N) is 2. The smallest absolute Gasteiger partial charge is 0.241 e. The highest BCUT2D eigenvalue weighted by molar-refractivity contribution is 5.80. The largest absolute Gasteiger partial charge is 0.311 e. The normalized spacial score (nSPS) is 17.8. The molecule has 0 aliphatic carbocycles. The molecule has 0 atom stereocenters. The zero-order valence-electron chi connectivity index (χ0n) is 24.7. The van der Waals surface area contributed by atoms with Crippen molar-refractivity contribution in [2.24, 2.45) is 0 Å². The molecule has 0 aromatic heterocycles. The van der Waals surface area contributed by atoms with Crippen LogP contribution in [-0.2, 0) is 11.3 Å². The number of hydrogen-bond acceptors (Lipinski definition) is 2. The van der Waals surface area contributed by atoms with Crippen molar-refractivity contribution in [1.29, 1.82) is 0 Å². The molecule has 3 rings (SSSR count). The molecule has 0 unspecified atom stereocenters. The van der Waals surface area contributed by atoms with Crippen molar-refractivity contribution in [3.05, 3.63) is 120 Å². The first kappa shape index (κ1) is 32.6. The number of amides is 1. The second-order valence-electron chi connectivity index (χ2n) is 8.62. The van der Waals surface area contributed by atoms with Crippen LogP contribution in [0.25, 0.3) is 11.1 Å². The number of benzene rings is 2. The van der Waals surface area contributed by atoms with Gasteiger partial charge in [0.2, 0.25) is 5.91 Å². The minimum absolute atomic E-state index is 0.123. The topological polar surface area (TPSA) is 23.6 Å². The summed E-state index contributed by atoms with van der Waals surface area (Å²) in [5.41, 5.74) is 5.70. The summed E-state index contributed by atoms with van der Waals surface area (Å²) in [6, 6.07) is 18.9. The van der Waals surface area contributed by atoms with E-state index < -0.39 is 0 Å². The zero-order chi connectivity index (χ0) is 28.2. The third kappa shape index (κ3) is 11.7. The predicted octanol–water partition coefficient (Wildman–Crippen LogP) is 8.98. The van der Waals surface area contributed by atoms with E-state index in [1.165, 1.54) is 16.7 Å². The van der Waals surface area contributed by atoms with Crippen LogP contribution in [0.1, 0.15) is 60.5 Å². The molecule has 0 fully saturated rings. The molecule has 0 saturated carbocycles. The van der Waals surface area contributed by atoms with Gasteiger partial charge in [-0.2, -0.15) is 0 Å². The fourth-order valence-corrected chi connectivity index (χ4v) is 3.80. The van der Waals surface area contributed by atoms with E-state index in [0.717, 1.165) is 30.8 Å². The summed E-state index contributed by atoms with van der Waals surface area (Å²) in [6.07, 6.45) is 17.6. The van der Waals surface area contributed by atoms with Crippen LogP contribution in [0.15, 0.2) is 114 Å². The summed E-state index contributed by atoms with van der Waals surface area (Å²) in [5, 5.41) is 0. The third-order valence-corrected chi connectivity index (χ3v) is 5.99. The van der Waals surface area contributed by atoms with Gasteiger partial charge in [-0.3, -0.25) is 9.69 Å². The Morgan fingerprint density at radius 1 is 0.895 bits per heavy atom. The first-order valence-electron chi connectivity index (χ1n) is 14.0. The monoisotopic (exact) mass is 512 g/mol. The molecular formula is C35H48N2O. The summed E-state index contributed by atoms with van der Waals surface area (Å²) >= 11 is 0. The zero-order valence-corrected chi connectivity index (χ0v) is 24.7. The molecule has 0 N–H and O–H groups in total. The summed E-state index contributed by atoms with van der Waals surface area (Å²) in [4.78, 5) is 17.5. The van der Waals surface area contributed by atoms with Crippen LogP contribution in [-0.4, -0.2) is 35.3 Å². The number of carbonyl (C=O) groups excluding carboxylic acids is 1. The highest BCUT2D eigenvalue weighted by Gasteiger charge is 2.19. The van der Waals surface area contributed by atoms with Gasteiger partial charge < -0.3 is 4.90 Å². The number of rotatable bonds is 7. The first-order chi connectivity index (χ1) is 18.6. The van der Waals surface area contributed by atoms with E-state index in [2.05, 4.69) is 90.7 Å². The molecule has 38 heavy (non-hydrogen) atoms. The van der Waals surface area contributed by atoms with Gasteiger partial charge in [0, 0.05) is 18.8 Å². The molecule has 3 nitrogen and oxygen atoms in total. The molecule has 2 aromatic carbocycles. The van der Waals surface area contributed by atoms with Crippen molar-refractivity contribution in [1.82, 2.24) is 9.80 Å². The molecule has 0 spiro atoms. The second-order valence-corrected chi connectivity index (χ2v) is 8.62. The van der Waals surface area contributed by atoms with Crippen molar-refractivity contribution in [3.63, 3.8) is 0 Å². The summed E-state index contributed by atoms with van der Waals surface area (Å²) in [6.45, 7) is 16.7. The lowest BCUT2D eigenvalue weighted by Crippen LogP contribution is -2.39. The maximum atomic E-state index is 13.4. The van der Waals surface area contributed by atoms with Crippen molar-refractivity contribution >= 4 is 5.91 Å². The van der Waals surface area contributed by atoms with Gasteiger partial charge in [-0.25, -0.2) is 0 Å². The first-order valence-corrected chi connectivity index (χ1v) is 14.0. The third-order valence-electron chi connectivity index (χ3n) is 5.99. The Balaban J connectivity index is 0.00000172. The highest BCUT2D eigenvalue weighted by Crippen LogP contribution is 2.21. The quantitative estimate of drug-likeness (QED) is 0.346. The molecule has 2 aromatic rings. The molecule has 0 bridgehead atoms. The average Bonchev–Trinajstić information content (AvgIpc) is 3.00. The van der Waals surface area contributed by atoms with Gasteiger partial charge in [0.15, 0.2) is 0 Å². The maximum Gasteiger partial charge on any atom is 0.241 e. The van der Waals surface area contributed by atoms with Gasteiger partial charge in [0.1, 0.15) is 0 Å². The molecule has 1 aliphatic heterocycles. The van der Waals surface area contributed by atoms with Gasteiger partial charge in [-0.1, -0.05) is 130 Å². The van der Waals surface area contributed by atoms with Crippen LogP contribution in [0, 0.1) is 0 Å². The lowest BCUT2D eigenvalue weighted by Gasteiger charge is -2.27. The van der Waals surface area contributed by atoms with Crippen molar-refractivity contribution in [2.45, 2.75) is 61.4 Å². The number of allylic oxidation sites excluding steroid dienone is 8. The second kappa shape index (κ2) is 19.7. The van der Waals surface area contributed by atoms with Crippen LogP contribution in [0.2, 0.25) is 0 Å². The van der Waals surface area contributed by atoms with Crippen LogP contribution >= 0.6 is 0 Å². The lowest BCUT2D eigenvalue weighted by atomic mass is 10.0. The standard InChI is InChI=1S/C31H36N2O.2C2H6/c1-4-26(2)14-11-13-23-32-22-12-6-5-8-15-27(3)33(31(34)25-32)24-28-18-20-30(21-19-28)29-16-9-7-10-17-29;2*1-2/h4-12,14-21H,13,22-25H2,1-3H3;2*1-2H3/b8-5-,12-6+,14-11-,26-4-,27-15+;;. The van der Waals surface area contributed by atoms with E-state index in [0.29, 0.717) is 13.1 Å². The molecule has 1 amide bonds. The predicted molar refractivity (Wildman–Crippen MR) is 167 cm³/mol. The van der Waals surface area contributed by atoms with Gasteiger partial charge in [0.25, 0.3) is 0 Å². The van der Waals surface area contributed by atoms with E-state index in [1.54, 1.807) is 0 Å². The summed E-state index contributed by atoms with van der Waals surface area (Å²) in [7, 11) is 0. The summed E-state index contributed by atoms with van der Waals surface area (Å²) in [5.74, 6) is 0.123. The average molecular weight is 513 g/mol. The lowest BCUT2D eigenvalue weighted by molar-refractivity contribution is -0.130. The molecule has 3 heteroatoms. The fraction of sp³-hybridized carbons (Fsp3) is 0.343. The molecule has 1 heterocycles. The Hall–Kier alpha value is -3.43. The number of carbonyl (C=O) groups is 1. The SMILES string of the molecule is C/C=C(C)\C=C/CCN1C/C=C/C=C\C=C(/C)N(Cc2ccc(-c3ccccc3)cc2)C(=O)C1.CC.CC. The van der Waals surface area contributed by atoms with E-state index >= 15 is 0 Å². The van der Waals surface area contributed by atoms with Gasteiger partial charge in [-0.05, 0) is 50.0 Å². The minimum atomic E-state index is 0.123. The van der Waals surface area contributed by atoms with E-state index in [9.17, 15) is 4.79 Å². The van der Waals surface area contributed by atoms with Crippen molar-refractivity contribution < 1.29 is 4.79 Å². The van der Waals surface area contributed by atoms with Crippen molar-refractivity contribution in [3.8, 4) is 11.1 Å². The molecule has 204 valence electrons. The Morgan fingerprint density at radius 3 is 2.21 bits per heavy atom. The highest BCUT2D eigenvalue weighted by atomic mass is 16.2. The van der Waals surface area contributed by atoms with Crippen LogP contribution < -0.4 is 0 Å². The van der Waals surface area contributed by atoms with Crippen molar-refractivity contribution in [2.75, 3.05) is 19.6 Å².